The van der Waals surface area contributed by atoms with Gasteiger partial charge in [0, 0.05) is 12.2 Å². The highest BCUT2D eigenvalue weighted by molar-refractivity contribution is 5.47. The fraction of sp³-hybridized carbons (Fsp3) is 0.188. The van der Waals surface area contributed by atoms with Crippen LogP contribution < -0.4 is 5.73 Å². The summed E-state index contributed by atoms with van der Waals surface area (Å²) in [5, 5.41) is 3.98. The molecule has 0 bridgehead atoms. The largest absolute Gasteiger partial charge is 0.339 e. The average molecular weight is 280 g/mol. The van der Waals surface area contributed by atoms with Crippen LogP contribution in [0.15, 0.2) is 59.3 Å². The Morgan fingerprint density at radius 2 is 1.81 bits per heavy atom. The van der Waals surface area contributed by atoms with Crippen molar-refractivity contribution in [1.82, 2.24) is 15.1 Å². The molecule has 2 N–H and O–H groups in total. The molecule has 0 saturated carbocycles. The molecule has 0 aliphatic heterocycles. The van der Waals surface area contributed by atoms with Crippen LogP contribution in [0.4, 0.5) is 0 Å². The van der Waals surface area contributed by atoms with Gasteiger partial charge in [0.05, 0.1) is 5.92 Å². The average Bonchev–Trinajstić information content (AvgIpc) is 3.05. The maximum atomic E-state index is 6.28. The van der Waals surface area contributed by atoms with Crippen molar-refractivity contribution in [2.24, 2.45) is 5.73 Å². The zero-order chi connectivity index (χ0) is 14.7. The van der Waals surface area contributed by atoms with Crippen molar-refractivity contribution in [3.63, 3.8) is 0 Å². The summed E-state index contributed by atoms with van der Waals surface area (Å²) in [6.07, 6.45) is 1.70. The highest BCUT2D eigenvalue weighted by Gasteiger charge is 2.23. The number of hydrogen-bond acceptors (Lipinski definition) is 5. The van der Waals surface area contributed by atoms with Crippen molar-refractivity contribution in [2.45, 2.75) is 18.9 Å². The monoisotopic (exact) mass is 280 g/mol. The van der Waals surface area contributed by atoms with E-state index in [1.807, 2.05) is 55.5 Å². The van der Waals surface area contributed by atoms with Gasteiger partial charge in [0.1, 0.15) is 5.69 Å². The van der Waals surface area contributed by atoms with Crippen LogP contribution in [0.5, 0.6) is 0 Å². The molecule has 2 heterocycles. The quantitative estimate of drug-likeness (QED) is 0.795. The molecule has 106 valence electrons. The summed E-state index contributed by atoms with van der Waals surface area (Å²) in [6.45, 7) is 1.98. The Hall–Kier alpha value is -2.53. The molecule has 2 unspecified atom stereocenters. The summed E-state index contributed by atoms with van der Waals surface area (Å²) in [4.78, 5) is 8.62. The van der Waals surface area contributed by atoms with Crippen molar-refractivity contribution in [2.75, 3.05) is 0 Å². The first-order valence-electron chi connectivity index (χ1n) is 6.81. The molecule has 0 saturated heterocycles. The predicted octanol–water partition coefficient (Wildman–Crippen LogP) is 2.94. The van der Waals surface area contributed by atoms with E-state index in [-0.39, 0.29) is 12.0 Å². The Morgan fingerprint density at radius 1 is 1.05 bits per heavy atom. The van der Waals surface area contributed by atoms with Crippen LogP contribution in [-0.4, -0.2) is 15.1 Å². The van der Waals surface area contributed by atoms with Crippen molar-refractivity contribution >= 4 is 0 Å². The van der Waals surface area contributed by atoms with Crippen LogP contribution >= 0.6 is 0 Å². The van der Waals surface area contributed by atoms with Gasteiger partial charge in [-0.25, -0.2) is 0 Å². The second-order valence-corrected chi connectivity index (χ2v) is 4.90. The summed E-state index contributed by atoms with van der Waals surface area (Å²) >= 11 is 0. The zero-order valence-electron chi connectivity index (χ0n) is 11.7. The van der Waals surface area contributed by atoms with Gasteiger partial charge in [-0.15, -0.1) is 0 Å². The van der Waals surface area contributed by atoms with Gasteiger partial charge in [-0.05, 0) is 17.7 Å². The first kappa shape index (κ1) is 13.5. The maximum absolute atomic E-state index is 6.28. The third-order valence-electron chi connectivity index (χ3n) is 3.45. The lowest BCUT2D eigenvalue weighted by Crippen LogP contribution is -2.17. The van der Waals surface area contributed by atoms with Gasteiger partial charge in [0.2, 0.25) is 11.7 Å². The van der Waals surface area contributed by atoms with E-state index in [9.17, 15) is 0 Å². The molecule has 0 aliphatic rings. The number of nitrogens with two attached hydrogens (primary N) is 1. The lowest BCUT2D eigenvalue weighted by molar-refractivity contribution is 0.343. The standard InChI is InChI=1S/C16H16N4O/c1-11(14(17)12-7-3-2-4-8-12)16-19-15(20-21-16)13-9-5-6-10-18-13/h2-11,14H,17H2,1H3. The van der Waals surface area contributed by atoms with Crippen LogP contribution in [0.1, 0.15) is 30.3 Å². The first-order chi connectivity index (χ1) is 10.3. The summed E-state index contributed by atoms with van der Waals surface area (Å²) in [6, 6.07) is 15.3. The number of aromatic nitrogens is 3. The third kappa shape index (κ3) is 2.83. The van der Waals surface area contributed by atoms with Gasteiger partial charge in [-0.2, -0.15) is 4.98 Å². The van der Waals surface area contributed by atoms with Crippen molar-refractivity contribution in [3.05, 3.63) is 66.2 Å². The number of pyridine rings is 1. The molecule has 0 aliphatic carbocycles. The Morgan fingerprint density at radius 3 is 2.52 bits per heavy atom. The van der Waals surface area contributed by atoms with Gasteiger partial charge in [0.25, 0.3) is 0 Å². The molecule has 3 aromatic rings. The smallest absolute Gasteiger partial charge is 0.231 e. The van der Waals surface area contributed by atoms with Gasteiger partial charge in [-0.3, -0.25) is 4.98 Å². The SMILES string of the molecule is CC(c1nc(-c2ccccn2)no1)C(N)c1ccccc1. The van der Waals surface area contributed by atoms with Gasteiger partial charge in [-0.1, -0.05) is 48.5 Å². The summed E-state index contributed by atoms with van der Waals surface area (Å²) in [5.74, 6) is 0.932. The van der Waals surface area contributed by atoms with E-state index in [4.69, 9.17) is 10.3 Å². The number of nitrogens with zero attached hydrogens (tertiary/aromatic N) is 3. The molecule has 2 aromatic heterocycles. The second kappa shape index (κ2) is 5.85. The number of rotatable bonds is 4. The van der Waals surface area contributed by atoms with Crippen LogP contribution in [-0.2, 0) is 0 Å². The molecule has 1 aromatic carbocycles. The fourth-order valence-electron chi connectivity index (χ4n) is 2.14. The van der Waals surface area contributed by atoms with Crippen molar-refractivity contribution < 1.29 is 4.52 Å². The van der Waals surface area contributed by atoms with Crippen LogP contribution in [0, 0.1) is 0 Å². The number of benzene rings is 1. The van der Waals surface area contributed by atoms with E-state index in [0.29, 0.717) is 17.4 Å². The van der Waals surface area contributed by atoms with Crippen molar-refractivity contribution in [1.29, 1.82) is 0 Å². The predicted molar refractivity (Wildman–Crippen MR) is 79.3 cm³/mol. The molecule has 3 rings (SSSR count). The Labute approximate surface area is 122 Å². The highest BCUT2D eigenvalue weighted by Crippen LogP contribution is 2.28. The topological polar surface area (TPSA) is 77.8 Å². The first-order valence-corrected chi connectivity index (χ1v) is 6.81. The minimum absolute atomic E-state index is 0.0719. The number of hydrogen-bond donors (Lipinski definition) is 1. The Balaban J connectivity index is 1.83. The van der Waals surface area contributed by atoms with Crippen molar-refractivity contribution in [3.8, 4) is 11.5 Å². The zero-order valence-corrected chi connectivity index (χ0v) is 11.7. The second-order valence-electron chi connectivity index (χ2n) is 4.90. The molecule has 5 heteroatoms. The molecule has 0 radical (unpaired) electrons. The Kier molecular flexibility index (Phi) is 3.75. The van der Waals surface area contributed by atoms with Crippen LogP contribution in [0.2, 0.25) is 0 Å². The minimum atomic E-state index is -0.191. The molecular weight excluding hydrogens is 264 g/mol. The fourth-order valence-corrected chi connectivity index (χ4v) is 2.14. The molecule has 0 amide bonds. The van der Waals surface area contributed by atoms with E-state index < -0.39 is 0 Å². The Bertz CT molecular complexity index is 697. The molecular formula is C16H16N4O. The molecule has 21 heavy (non-hydrogen) atoms. The van der Waals surface area contributed by atoms with Crippen LogP contribution in [0.25, 0.3) is 11.5 Å². The highest BCUT2D eigenvalue weighted by atomic mass is 16.5. The van der Waals surface area contributed by atoms with E-state index in [1.54, 1.807) is 6.20 Å². The third-order valence-corrected chi connectivity index (χ3v) is 3.45. The minimum Gasteiger partial charge on any atom is -0.339 e. The molecule has 0 fully saturated rings. The van der Waals surface area contributed by atoms with Crippen LogP contribution in [0.3, 0.4) is 0 Å². The van der Waals surface area contributed by atoms with E-state index in [1.165, 1.54) is 0 Å². The normalized spacial score (nSPS) is 13.8. The van der Waals surface area contributed by atoms with E-state index >= 15 is 0 Å². The van der Waals surface area contributed by atoms with Gasteiger partial charge >= 0.3 is 0 Å². The maximum Gasteiger partial charge on any atom is 0.231 e. The van der Waals surface area contributed by atoms with E-state index in [0.717, 1.165) is 5.56 Å². The van der Waals surface area contributed by atoms with Gasteiger partial charge in [0.15, 0.2) is 0 Å². The molecule has 5 nitrogen and oxygen atoms in total. The summed E-state index contributed by atoms with van der Waals surface area (Å²) < 4.78 is 5.34. The summed E-state index contributed by atoms with van der Waals surface area (Å²) in [7, 11) is 0. The summed E-state index contributed by atoms with van der Waals surface area (Å²) in [5.41, 5.74) is 8.01. The van der Waals surface area contributed by atoms with Gasteiger partial charge < -0.3 is 10.3 Å². The lowest BCUT2D eigenvalue weighted by atomic mass is 9.95. The molecule has 2 atom stereocenters. The lowest BCUT2D eigenvalue weighted by Gasteiger charge is -2.16. The van der Waals surface area contributed by atoms with E-state index in [2.05, 4.69) is 15.1 Å². The molecule has 0 spiro atoms.